The number of phenols is 1. The van der Waals surface area contributed by atoms with Gasteiger partial charge in [0.2, 0.25) is 0 Å². The molecule has 0 spiro atoms. The van der Waals surface area contributed by atoms with Crippen molar-refractivity contribution in [3.8, 4) is 5.75 Å². The first-order chi connectivity index (χ1) is 15.9. The second-order valence-corrected chi connectivity index (χ2v) is 12.1. The van der Waals surface area contributed by atoms with Crippen LogP contribution in [0.2, 0.25) is 0 Å². The van der Waals surface area contributed by atoms with Gasteiger partial charge >= 0.3 is 11.9 Å². The zero-order valence-electron chi connectivity index (χ0n) is 20.6. The molecule has 1 aromatic carbocycles. The minimum atomic E-state index is -0.921. The van der Waals surface area contributed by atoms with Crippen LogP contribution in [0.1, 0.15) is 93.9 Å². The Morgan fingerprint density at radius 2 is 1.56 bits per heavy atom. The Morgan fingerprint density at radius 3 is 2.15 bits per heavy atom. The average molecular weight is 471 g/mol. The van der Waals surface area contributed by atoms with Crippen LogP contribution in [-0.2, 0) is 28.9 Å². The lowest BCUT2D eigenvalue weighted by atomic mass is 9.47. The Morgan fingerprint density at radius 1 is 0.971 bits per heavy atom. The van der Waals surface area contributed by atoms with Crippen LogP contribution < -0.4 is 0 Å². The van der Waals surface area contributed by atoms with Crippen LogP contribution in [0.3, 0.4) is 0 Å². The van der Waals surface area contributed by atoms with Gasteiger partial charge in [-0.15, -0.1) is 0 Å². The molecule has 0 heterocycles. The van der Waals surface area contributed by atoms with Crippen LogP contribution in [0.15, 0.2) is 6.07 Å². The summed E-state index contributed by atoms with van der Waals surface area (Å²) in [7, 11) is 0. The number of aliphatic carboxylic acids is 2. The molecular formula is C28H38O6. The van der Waals surface area contributed by atoms with Crippen LogP contribution in [0.5, 0.6) is 5.75 Å². The summed E-state index contributed by atoms with van der Waals surface area (Å²) in [6.07, 6.45) is 8.12. The zero-order chi connectivity index (χ0) is 24.6. The van der Waals surface area contributed by atoms with Crippen molar-refractivity contribution in [2.45, 2.75) is 96.5 Å². The fourth-order valence-electron chi connectivity index (χ4n) is 8.86. The molecule has 34 heavy (non-hydrogen) atoms. The van der Waals surface area contributed by atoms with Gasteiger partial charge in [0.05, 0.1) is 17.4 Å². The average Bonchev–Trinajstić information content (AvgIpc) is 3.16. The van der Waals surface area contributed by atoms with Crippen molar-refractivity contribution < 1.29 is 30.0 Å². The first kappa shape index (κ1) is 23.7. The van der Waals surface area contributed by atoms with Gasteiger partial charge in [-0.3, -0.25) is 9.59 Å². The lowest BCUT2D eigenvalue weighted by Gasteiger charge is -2.57. The Hall–Kier alpha value is -2.08. The minimum absolute atomic E-state index is 0.0647. The number of aliphatic hydroxyl groups is 1. The highest BCUT2D eigenvalue weighted by molar-refractivity contribution is 5.72. The molecule has 0 aliphatic heterocycles. The van der Waals surface area contributed by atoms with Crippen molar-refractivity contribution in [1.82, 2.24) is 0 Å². The highest BCUT2D eigenvalue weighted by Crippen LogP contribution is 2.77. The van der Waals surface area contributed by atoms with Crippen LogP contribution >= 0.6 is 0 Å². The number of carboxylic acid groups (broad SMARTS) is 2. The second kappa shape index (κ2) is 7.71. The van der Waals surface area contributed by atoms with E-state index in [0.29, 0.717) is 17.9 Å². The third kappa shape index (κ3) is 3.03. The molecule has 0 radical (unpaired) electrons. The molecule has 0 aromatic heterocycles. The van der Waals surface area contributed by atoms with Gasteiger partial charge < -0.3 is 20.4 Å². The number of hydrogen-bond donors (Lipinski definition) is 4. The number of aryl methyl sites for hydroxylation is 1. The first-order valence-electron chi connectivity index (χ1n) is 13.0. The van der Waals surface area contributed by atoms with Crippen LogP contribution in [0.25, 0.3) is 0 Å². The summed E-state index contributed by atoms with van der Waals surface area (Å²) in [5.41, 5.74) is 3.27. The molecule has 4 aliphatic carbocycles. The smallest absolute Gasteiger partial charge is 0.306 e. The fourth-order valence-corrected chi connectivity index (χ4v) is 8.86. The van der Waals surface area contributed by atoms with Crippen molar-refractivity contribution >= 4 is 11.9 Å². The maximum atomic E-state index is 11.8. The predicted molar refractivity (Wildman–Crippen MR) is 127 cm³/mol. The van der Waals surface area contributed by atoms with Gasteiger partial charge in [-0.1, -0.05) is 20.8 Å². The molecule has 1 aromatic rings. The van der Waals surface area contributed by atoms with E-state index >= 15 is 0 Å². The quantitative estimate of drug-likeness (QED) is 0.480. The normalized spacial score (nSPS) is 37.4. The molecule has 186 valence electrons. The molecule has 4 aliphatic rings. The Bertz CT molecular complexity index is 1040. The SMILES string of the molecule is CC(Cc1c(O)cc2c(c1CC(C)C(=O)O)[C@H]1CC[C@]3(C)C4(O)CCC3(CC4)[C@@H]1CC2)C(=O)O. The first-order valence-corrected chi connectivity index (χ1v) is 13.0. The van der Waals surface area contributed by atoms with Crippen LogP contribution in [-0.4, -0.2) is 38.0 Å². The number of fused-ring (bicyclic) bond motifs is 3. The lowest BCUT2D eigenvalue weighted by Crippen LogP contribution is -2.52. The molecule has 6 nitrogen and oxygen atoms in total. The van der Waals surface area contributed by atoms with E-state index in [4.69, 9.17) is 0 Å². The second-order valence-electron chi connectivity index (χ2n) is 12.1. The van der Waals surface area contributed by atoms with Crippen LogP contribution in [0, 0.1) is 28.6 Å². The molecule has 0 amide bonds. The Labute approximate surface area is 201 Å². The largest absolute Gasteiger partial charge is 0.508 e. The van der Waals surface area contributed by atoms with Crippen molar-refractivity contribution in [3.05, 3.63) is 28.3 Å². The molecule has 2 unspecified atom stereocenters. The minimum Gasteiger partial charge on any atom is -0.508 e. The van der Waals surface area contributed by atoms with Gasteiger partial charge in [-0.2, -0.15) is 0 Å². The number of benzene rings is 1. The number of rotatable bonds is 6. The van der Waals surface area contributed by atoms with Crippen molar-refractivity contribution in [3.63, 3.8) is 0 Å². The molecular weight excluding hydrogens is 432 g/mol. The van der Waals surface area contributed by atoms with Crippen molar-refractivity contribution in [2.75, 3.05) is 0 Å². The van der Waals surface area contributed by atoms with Gasteiger partial charge in [0.15, 0.2) is 0 Å². The molecule has 0 saturated heterocycles. The molecule has 4 N–H and O–H groups in total. The van der Waals surface area contributed by atoms with Crippen molar-refractivity contribution in [1.29, 1.82) is 0 Å². The van der Waals surface area contributed by atoms with E-state index in [1.807, 2.05) is 6.07 Å². The van der Waals surface area contributed by atoms with Gasteiger partial charge in [0.25, 0.3) is 0 Å². The van der Waals surface area contributed by atoms with E-state index < -0.39 is 29.4 Å². The van der Waals surface area contributed by atoms with E-state index in [0.717, 1.165) is 62.5 Å². The number of carboxylic acids is 2. The Kier molecular flexibility index (Phi) is 5.36. The number of aromatic hydroxyl groups is 1. The van der Waals surface area contributed by atoms with Gasteiger partial charge in [-0.05, 0) is 110 Å². The molecule has 5 atom stereocenters. The summed E-state index contributed by atoms with van der Waals surface area (Å²) in [4.78, 5) is 23.5. The van der Waals surface area contributed by atoms with E-state index in [2.05, 4.69) is 6.92 Å². The van der Waals surface area contributed by atoms with E-state index in [9.17, 15) is 30.0 Å². The van der Waals surface area contributed by atoms with Gasteiger partial charge in [0, 0.05) is 5.41 Å². The number of hydrogen-bond acceptors (Lipinski definition) is 4. The fraction of sp³-hybridized carbons (Fsp3) is 0.714. The predicted octanol–water partition coefficient (Wildman–Crippen LogP) is 4.67. The maximum Gasteiger partial charge on any atom is 0.306 e. The summed E-state index contributed by atoms with van der Waals surface area (Å²) >= 11 is 0. The topological polar surface area (TPSA) is 115 Å². The molecule has 3 saturated carbocycles. The molecule has 5 rings (SSSR count). The zero-order valence-corrected chi connectivity index (χ0v) is 20.6. The summed E-state index contributed by atoms with van der Waals surface area (Å²) in [5.74, 6) is -2.29. The van der Waals surface area contributed by atoms with E-state index in [1.54, 1.807) is 13.8 Å². The highest BCUT2D eigenvalue weighted by Gasteiger charge is 2.73. The van der Waals surface area contributed by atoms with Crippen molar-refractivity contribution in [2.24, 2.45) is 28.6 Å². The number of carbonyl (C=O) groups is 2. The maximum absolute atomic E-state index is 11.8. The third-order valence-corrected chi connectivity index (χ3v) is 10.9. The molecule has 2 bridgehead atoms. The van der Waals surface area contributed by atoms with Crippen LogP contribution in [0.4, 0.5) is 0 Å². The molecule has 3 fully saturated rings. The van der Waals surface area contributed by atoms with E-state index in [-0.39, 0.29) is 28.9 Å². The summed E-state index contributed by atoms with van der Waals surface area (Å²) in [5, 5.41) is 41.7. The summed E-state index contributed by atoms with van der Waals surface area (Å²) < 4.78 is 0. The monoisotopic (exact) mass is 470 g/mol. The highest BCUT2D eigenvalue weighted by atomic mass is 16.4. The summed E-state index contributed by atoms with van der Waals surface area (Å²) in [6, 6.07) is 1.83. The van der Waals surface area contributed by atoms with Gasteiger partial charge in [-0.25, -0.2) is 0 Å². The lowest BCUT2D eigenvalue weighted by molar-refractivity contribution is -0.142. The molecule has 6 heteroatoms. The van der Waals surface area contributed by atoms with Gasteiger partial charge in [0.1, 0.15) is 5.75 Å². The Balaban J connectivity index is 1.64. The standard InChI is InChI=1S/C28H38O6/c1-15(24(30)31)12-19-20(13-16(2)25(32)33)23-17(14-22(19)29)4-5-21-18(23)6-7-26(3)27(21)8-10-28(26,34)11-9-27/h14-16,18,21,29,34H,4-13H2,1-3H3,(H,30,31)(H,32,33)/t15?,16?,18-,21+,26-,27?,28?/m0/s1. The number of phenolic OH excluding ortho intramolecular Hbond substituents is 1. The van der Waals surface area contributed by atoms with E-state index in [1.165, 1.54) is 5.56 Å². The third-order valence-electron chi connectivity index (χ3n) is 10.9. The summed E-state index contributed by atoms with van der Waals surface area (Å²) in [6.45, 7) is 5.63.